The maximum Gasteiger partial charge on any atom is 0.325 e. The molecule has 0 fully saturated rings. The number of hydrogen-bond acceptors (Lipinski definition) is 3. The van der Waals surface area contributed by atoms with E-state index < -0.39 is 0 Å². The van der Waals surface area contributed by atoms with Crippen LogP contribution in [0.4, 0.5) is 0 Å². The predicted octanol–water partition coefficient (Wildman–Crippen LogP) is 3.23. The number of benzene rings is 1. The van der Waals surface area contributed by atoms with Crippen LogP contribution in [0.15, 0.2) is 12.1 Å². The van der Waals surface area contributed by atoms with Gasteiger partial charge in [-0.05, 0) is 43.4 Å². The van der Waals surface area contributed by atoms with E-state index in [2.05, 4.69) is 26.0 Å². The van der Waals surface area contributed by atoms with Gasteiger partial charge in [0.25, 0.3) is 5.91 Å². The summed E-state index contributed by atoms with van der Waals surface area (Å²) in [5, 5.41) is 1.13. The number of aromatic nitrogens is 1. The van der Waals surface area contributed by atoms with Crippen molar-refractivity contribution >= 4 is 22.8 Å². The second-order valence-electron chi connectivity index (χ2n) is 6.81. The molecule has 134 valence electrons. The summed E-state index contributed by atoms with van der Waals surface area (Å²) < 4.78 is 6.75. The fraction of sp³-hybridized carbons (Fsp3) is 0.500. The molecular formula is C20H26N2O3. The minimum Gasteiger partial charge on any atom is -0.468 e. The van der Waals surface area contributed by atoms with Gasteiger partial charge in [0.1, 0.15) is 12.2 Å². The number of esters is 1. The van der Waals surface area contributed by atoms with Crippen LogP contribution in [0, 0.1) is 13.8 Å². The van der Waals surface area contributed by atoms with Gasteiger partial charge in [-0.15, -0.1) is 0 Å². The zero-order chi connectivity index (χ0) is 18.1. The van der Waals surface area contributed by atoms with E-state index in [1.54, 1.807) is 0 Å². The fourth-order valence-electron chi connectivity index (χ4n) is 3.82. The van der Waals surface area contributed by atoms with Crippen LogP contribution in [-0.2, 0) is 22.5 Å². The molecule has 0 radical (unpaired) electrons. The first kappa shape index (κ1) is 17.5. The Kier molecular flexibility index (Phi) is 4.84. The van der Waals surface area contributed by atoms with Gasteiger partial charge in [0.05, 0.1) is 12.6 Å². The Morgan fingerprint density at radius 2 is 1.96 bits per heavy atom. The number of aryl methyl sites for hydroxylation is 2. The van der Waals surface area contributed by atoms with Gasteiger partial charge in [-0.1, -0.05) is 25.5 Å². The molecule has 1 aromatic carbocycles. The van der Waals surface area contributed by atoms with Crippen LogP contribution in [0.1, 0.15) is 46.9 Å². The first-order valence-corrected chi connectivity index (χ1v) is 8.97. The van der Waals surface area contributed by atoms with Gasteiger partial charge >= 0.3 is 5.97 Å². The number of fused-ring (bicyclic) bond motifs is 3. The molecule has 2 heterocycles. The molecular weight excluding hydrogens is 316 g/mol. The van der Waals surface area contributed by atoms with E-state index in [1.807, 2.05) is 16.4 Å². The smallest absolute Gasteiger partial charge is 0.325 e. The van der Waals surface area contributed by atoms with E-state index in [9.17, 15) is 9.59 Å². The molecule has 3 rings (SSSR count). The molecule has 5 nitrogen and oxygen atoms in total. The summed E-state index contributed by atoms with van der Waals surface area (Å²) in [6.45, 7) is 7.81. The van der Waals surface area contributed by atoms with E-state index in [4.69, 9.17) is 4.74 Å². The minimum absolute atomic E-state index is 0.0357. The fourth-order valence-corrected chi connectivity index (χ4v) is 3.82. The lowest BCUT2D eigenvalue weighted by molar-refractivity contribution is -0.141. The molecule has 0 saturated heterocycles. The molecule has 0 atom stereocenters. The number of methoxy groups -OCH3 is 1. The average molecular weight is 342 g/mol. The number of ether oxygens (including phenoxy) is 1. The second-order valence-corrected chi connectivity index (χ2v) is 6.81. The van der Waals surface area contributed by atoms with Crippen molar-refractivity contribution in [3.8, 4) is 0 Å². The Bertz CT molecular complexity index is 835. The van der Waals surface area contributed by atoms with Crippen molar-refractivity contribution in [2.75, 3.05) is 20.2 Å². The quantitative estimate of drug-likeness (QED) is 0.784. The normalized spacial score (nSPS) is 14.1. The molecule has 0 aliphatic carbocycles. The lowest BCUT2D eigenvalue weighted by atomic mass is 9.98. The highest BCUT2D eigenvalue weighted by molar-refractivity contribution is 6.05. The highest BCUT2D eigenvalue weighted by Gasteiger charge is 2.32. The van der Waals surface area contributed by atoms with Gasteiger partial charge in [0.15, 0.2) is 0 Å². The molecule has 1 aromatic heterocycles. The van der Waals surface area contributed by atoms with E-state index in [0.717, 1.165) is 59.9 Å². The predicted molar refractivity (Wildman–Crippen MR) is 97.9 cm³/mol. The standard InChI is InChI=1S/C20H26N2O3/c1-5-6-10-21-11-9-15-17-13(2)7-8-14(3)18(17)22(12-16(23)25-4)19(15)20(21)24/h7-8H,5-6,9-12H2,1-4H3. The molecule has 1 amide bonds. The molecule has 2 aromatic rings. The summed E-state index contributed by atoms with van der Waals surface area (Å²) in [5.41, 5.74) is 4.96. The Morgan fingerprint density at radius 1 is 1.24 bits per heavy atom. The summed E-state index contributed by atoms with van der Waals surface area (Å²) in [5.74, 6) is -0.298. The molecule has 1 aliphatic rings. The van der Waals surface area contributed by atoms with Crippen LogP contribution in [0.25, 0.3) is 10.9 Å². The van der Waals surface area contributed by atoms with E-state index in [0.29, 0.717) is 5.69 Å². The SMILES string of the molecule is CCCCN1CCc2c(n(CC(=O)OC)c3c(C)ccc(C)c23)C1=O. The lowest BCUT2D eigenvalue weighted by Crippen LogP contribution is -2.39. The topological polar surface area (TPSA) is 51.5 Å². The number of unbranched alkanes of at least 4 members (excludes halogenated alkanes) is 1. The third-order valence-corrected chi connectivity index (χ3v) is 5.13. The van der Waals surface area contributed by atoms with Crippen LogP contribution in [0.2, 0.25) is 0 Å². The molecule has 5 heteroatoms. The molecule has 0 N–H and O–H groups in total. The summed E-state index contributed by atoms with van der Waals surface area (Å²) in [6, 6.07) is 4.14. The average Bonchev–Trinajstić information content (AvgIpc) is 2.93. The second kappa shape index (κ2) is 6.90. The van der Waals surface area contributed by atoms with Crippen molar-refractivity contribution in [2.45, 2.75) is 46.6 Å². The van der Waals surface area contributed by atoms with Gasteiger partial charge in [0.2, 0.25) is 0 Å². The summed E-state index contributed by atoms with van der Waals surface area (Å²) >= 11 is 0. The maximum atomic E-state index is 13.2. The maximum absolute atomic E-state index is 13.2. The highest BCUT2D eigenvalue weighted by Crippen LogP contribution is 2.35. The van der Waals surface area contributed by atoms with E-state index in [1.165, 1.54) is 7.11 Å². The third kappa shape index (κ3) is 2.92. The van der Waals surface area contributed by atoms with Crippen LogP contribution in [0.3, 0.4) is 0 Å². The minimum atomic E-state index is -0.334. The third-order valence-electron chi connectivity index (χ3n) is 5.13. The van der Waals surface area contributed by atoms with Crippen molar-refractivity contribution in [1.82, 2.24) is 9.47 Å². The van der Waals surface area contributed by atoms with Gasteiger partial charge in [0, 0.05) is 18.5 Å². The summed E-state index contributed by atoms with van der Waals surface area (Å²) in [7, 11) is 1.38. The molecule has 0 spiro atoms. The van der Waals surface area contributed by atoms with Crippen molar-refractivity contribution in [2.24, 2.45) is 0 Å². The van der Waals surface area contributed by atoms with Gasteiger partial charge < -0.3 is 14.2 Å². The zero-order valence-electron chi connectivity index (χ0n) is 15.5. The first-order valence-electron chi connectivity index (χ1n) is 8.97. The molecule has 0 unspecified atom stereocenters. The van der Waals surface area contributed by atoms with Gasteiger partial charge in [-0.25, -0.2) is 0 Å². The Labute approximate surface area is 148 Å². The largest absolute Gasteiger partial charge is 0.468 e. The van der Waals surface area contributed by atoms with E-state index >= 15 is 0 Å². The van der Waals surface area contributed by atoms with Crippen molar-refractivity contribution in [3.05, 3.63) is 34.5 Å². The molecule has 1 aliphatic heterocycles. The monoisotopic (exact) mass is 342 g/mol. The summed E-state index contributed by atoms with van der Waals surface area (Å²) in [4.78, 5) is 27.1. The zero-order valence-corrected chi connectivity index (χ0v) is 15.5. The van der Waals surface area contributed by atoms with Crippen LogP contribution < -0.4 is 0 Å². The Morgan fingerprint density at radius 3 is 2.64 bits per heavy atom. The van der Waals surface area contributed by atoms with E-state index in [-0.39, 0.29) is 18.4 Å². The van der Waals surface area contributed by atoms with Gasteiger partial charge in [-0.3, -0.25) is 9.59 Å². The highest BCUT2D eigenvalue weighted by atomic mass is 16.5. The van der Waals surface area contributed by atoms with Crippen LogP contribution in [-0.4, -0.2) is 41.5 Å². The van der Waals surface area contributed by atoms with Crippen molar-refractivity contribution in [1.29, 1.82) is 0 Å². The number of carbonyl (C=O) groups excluding carboxylic acids is 2. The molecule has 25 heavy (non-hydrogen) atoms. The van der Waals surface area contributed by atoms with Crippen LogP contribution >= 0.6 is 0 Å². The van der Waals surface area contributed by atoms with Crippen LogP contribution in [0.5, 0.6) is 0 Å². The lowest BCUT2D eigenvalue weighted by Gasteiger charge is -2.28. The molecule has 0 saturated carbocycles. The number of hydrogen-bond donors (Lipinski definition) is 0. The summed E-state index contributed by atoms with van der Waals surface area (Å²) in [6.07, 6.45) is 2.89. The Balaban J connectivity index is 2.21. The molecule has 0 bridgehead atoms. The van der Waals surface area contributed by atoms with Crippen molar-refractivity contribution < 1.29 is 14.3 Å². The van der Waals surface area contributed by atoms with Gasteiger partial charge in [-0.2, -0.15) is 0 Å². The van der Waals surface area contributed by atoms with Crippen molar-refractivity contribution in [3.63, 3.8) is 0 Å². The number of rotatable bonds is 5. The Hall–Kier alpha value is -2.30. The number of nitrogens with zero attached hydrogens (tertiary/aromatic N) is 2. The number of amides is 1. The number of carbonyl (C=O) groups is 2. The first-order chi connectivity index (χ1) is 12.0.